The van der Waals surface area contributed by atoms with Crippen LogP contribution < -0.4 is 5.73 Å². The highest BCUT2D eigenvalue weighted by Crippen LogP contribution is 2.28. The lowest BCUT2D eigenvalue weighted by Crippen LogP contribution is -2.49. The number of amides is 1. The molecule has 2 rings (SSSR count). The van der Waals surface area contributed by atoms with Gasteiger partial charge in [-0.25, -0.2) is 0 Å². The van der Waals surface area contributed by atoms with E-state index in [2.05, 4.69) is 6.92 Å². The van der Waals surface area contributed by atoms with E-state index in [1.165, 1.54) is 0 Å². The standard InChI is InChI=1S/C16H24N2O2/c1-3-12-6-7-18(13(9-12)10-17)16(20)14-5-4-11(2)8-15(14)19/h4-5,8,12-13,19H,3,6-7,9-10,17H2,1-2H3. The highest BCUT2D eigenvalue weighted by Gasteiger charge is 2.31. The number of piperidine rings is 1. The molecule has 0 bridgehead atoms. The third-order valence-electron chi connectivity index (χ3n) is 4.32. The quantitative estimate of drug-likeness (QED) is 0.890. The maximum Gasteiger partial charge on any atom is 0.257 e. The molecule has 20 heavy (non-hydrogen) atoms. The number of phenolic OH excluding ortho intramolecular Hbond substituents is 1. The summed E-state index contributed by atoms with van der Waals surface area (Å²) < 4.78 is 0. The molecular formula is C16H24N2O2. The van der Waals surface area contributed by atoms with Gasteiger partial charge in [0, 0.05) is 19.1 Å². The van der Waals surface area contributed by atoms with Crippen LogP contribution in [0.3, 0.4) is 0 Å². The van der Waals surface area contributed by atoms with Crippen LogP contribution in [-0.2, 0) is 0 Å². The Kier molecular flexibility index (Phi) is 4.65. The molecule has 2 unspecified atom stereocenters. The van der Waals surface area contributed by atoms with E-state index in [0.29, 0.717) is 18.0 Å². The molecule has 110 valence electrons. The Hall–Kier alpha value is -1.55. The van der Waals surface area contributed by atoms with Crippen LogP contribution in [0.25, 0.3) is 0 Å². The van der Waals surface area contributed by atoms with E-state index in [1.54, 1.807) is 12.1 Å². The first-order valence-corrected chi connectivity index (χ1v) is 7.37. The Morgan fingerprint density at radius 1 is 1.50 bits per heavy atom. The number of carbonyl (C=O) groups excluding carboxylic acids is 1. The summed E-state index contributed by atoms with van der Waals surface area (Å²) in [7, 11) is 0. The zero-order valence-electron chi connectivity index (χ0n) is 12.3. The monoisotopic (exact) mass is 276 g/mol. The fraction of sp³-hybridized carbons (Fsp3) is 0.562. The first-order chi connectivity index (χ1) is 9.56. The highest BCUT2D eigenvalue weighted by atomic mass is 16.3. The largest absolute Gasteiger partial charge is 0.507 e. The van der Waals surface area contributed by atoms with Crippen molar-refractivity contribution in [3.05, 3.63) is 29.3 Å². The van der Waals surface area contributed by atoms with Gasteiger partial charge >= 0.3 is 0 Å². The Bertz CT molecular complexity index is 487. The Balaban J connectivity index is 2.19. The third kappa shape index (κ3) is 2.96. The van der Waals surface area contributed by atoms with Crippen LogP contribution in [0.15, 0.2) is 18.2 Å². The Morgan fingerprint density at radius 2 is 2.25 bits per heavy atom. The molecule has 1 fully saturated rings. The second-order valence-corrected chi connectivity index (χ2v) is 5.71. The summed E-state index contributed by atoms with van der Waals surface area (Å²) in [5.74, 6) is 0.607. The fourth-order valence-corrected chi connectivity index (χ4v) is 2.97. The van der Waals surface area contributed by atoms with Gasteiger partial charge in [0.1, 0.15) is 5.75 Å². The molecule has 0 aliphatic carbocycles. The molecule has 0 saturated carbocycles. The number of aromatic hydroxyl groups is 1. The molecule has 0 aromatic heterocycles. The second-order valence-electron chi connectivity index (χ2n) is 5.71. The van der Waals surface area contributed by atoms with Crippen molar-refractivity contribution >= 4 is 5.91 Å². The van der Waals surface area contributed by atoms with Gasteiger partial charge in [-0.05, 0) is 43.4 Å². The van der Waals surface area contributed by atoms with Crippen molar-refractivity contribution in [3.8, 4) is 5.75 Å². The van der Waals surface area contributed by atoms with E-state index < -0.39 is 0 Å². The first-order valence-electron chi connectivity index (χ1n) is 7.37. The zero-order chi connectivity index (χ0) is 14.7. The number of hydrogen-bond donors (Lipinski definition) is 2. The number of benzene rings is 1. The van der Waals surface area contributed by atoms with Gasteiger partial charge in [0.2, 0.25) is 0 Å². The third-order valence-corrected chi connectivity index (χ3v) is 4.32. The number of nitrogens with two attached hydrogens (primary N) is 1. The summed E-state index contributed by atoms with van der Waals surface area (Å²) in [6, 6.07) is 5.26. The summed E-state index contributed by atoms with van der Waals surface area (Å²) >= 11 is 0. The molecule has 0 radical (unpaired) electrons. The van der Waals surface area contributed by atoms with Gasteiger partial charge in [-0.3, -0.25) is 4.79 Å². The maximum atomic E-state index is 12.6. The van der Waals surface area contributed by atoms with Crippen LogP contribution in [0.1, 0.15) is 42.1 Å². The summed E-state index contributed by atoms with van der Waals surface area (Å²) in [5, 5.41) is 9.97. The molecule has 1 aliphatic heterocycles. The first kappa shape index (κ1) is 14.9. The van der Waals surface area contributed by atoms with Gasteiger partial charge in [-0.15, -0.1) is 0 Å². The minimum atomic E-state index is -0.104. The normalized spacial score (nSPS) is 22.9. The number of likely N-dealkylation sites (tertiary alicyclic amines) is 1. The average Bonchev–Trinajstić information content (AvgIpc) is 2.46. The predicted octanol–water partition coefficient (Wildman–Crippen LogP) is 2.29. The highest BCUT2D eigenvalue weighted by molar-refractivity contribution is 5.97. The van der Waals surface area contributed by atoms with Crippen molar-refractivity contribution in [2.24, 2.45) is 11.7 Å². The lowest BCUT2D eigenvalue weighted by atomic mass is 9.88. The van der Waals surface area contributed by atoms with E-state index in [0.717, 1.165) is 31.4 Å². The molecule has 1 saturated heterocycles. The lowest BCUT2D eigenvalue weighted by Gasteiger charge is -2.39. The van der Waals surface area contributed by atoms with Crippen LogP contribution in [-0.4, -0.2) is 35.0 Å². The van der Waals surface area contributed by atoms with Gasteiger partial charge in [-0.1, -0.05) is 19.4 Å². The summed E-state index contributed by atoms with van der Waals surface area (Å²) in [6.07, 6.45) is 3.12. The second kappa shape index (κ2) is 6.27. The number of rotatable bonds is 3. The molecule has 1 amide bonds. The van der Waals surface area contributed by atoms with E-state index in [4.69, 9.17) is 5.73 Å². The molecule has 1 aromatic carbocycles. The molecule has 1 aliphatic rings. The molecule has 4 heteroatoms. The summed E-state index contributed by atoms with van der Waals surface area (Å²) in [6.45, 7) is 5.28. The number of hydrogen-bond acceptors (Lipinski definition) is 3. The van der Waals surface area contributed by atoms with Crippen LogP contribution >= 0.6 is 0 Å². The maximum absolute atomic E-state index is 12.6. The number of phenols is 1. The molecule has 0 spiro atoms. The molecular weight excluding hydrogens is 252 g/mol. The lowest BCUT2D eigenvalue weighted by molar-refractivity contribution is 0.0555. The van der Waals surface area contributed by atoms with Crippen molar-refractivity contribution < 1.29 is 9.90 Å². The minimum absolute atomic E-state index is 0.0587. The summed E-state index contributed by atoms with van der Waals surface area (Å²) in [4.78, 5) is 14.4. The van der Waals surface area contributed by atoms with Gasteiger partial charge < -0.3 is 15.7 Å². The molecule has 4 nitrogen and oxygen atoms in total. The smallest absolute Gasteiger partial charge is 0.257 e. The molecule has 2 atom stereocenters. The van der Waals surface area contributed by atoms with E-state index in [-0.39, 0.29) is 17.7 Å². The average molecular weight is 276 g/mol. The van der Waals surface area contributed by atoms with E-state index in [9.17, 15) is 9.90 Å². The fourth-order valence-electron chi connectivity index (χ4n) is 2.97. The van der Waals surface area contributed by atoms with Crippen molar-refractivity contribution in [2.45, 2.75) is 39.2 Å². The minimum Gasteiger partial charge on any atom is -0.507 e. The van der Waals surface area contributed by atoms with Gasteiger partial charge in [0.25, 0.3) is 5.91 Å². The Labute approximate surface area is 120 Å². The van der Waals surface area contributed by atoms with E-state index in [1.807, 2.05) is 17.9 Å². The topological polar surface area (TPSA) is 66.6 Å². The van der Waals surface area contributed by atoms with Crippen molar-refractivity contribution in [1.82, 2.24) is 4.90 Å². The van der Waals surface area contributed by atoms with Gasteiger partial charge in [0.15, 0.2) is 0 Å². The number of carbonyl (C=O) groups is 1. The van der Waals surface area contributed by atoms with Gasteiger partial charge in [-0.2, -0.15) is 0 Å². The van der Waals surface area contributed by atoms with Crippen LogP contribution in [0.2, 0.25) is 0 Å². The SMILES string of the molecule is CCC1CCN(C(=O)c2ccc(C)cc2O)C(CN)C1. The van der Waals surface area contributed by atoms with Gasteiger partial charge in [0.05, 0.1) is 5.56 Å². The molecule has 1 heterocycles. The van der Waals surface area contributed by atoms with Crippen molar-refractivity contribution in [1.29, 1.82) is 0 Å². The van der Waals surface area contributed by atoms with Crippen LogP contribution in [0, 0.1) is 12.8 Å². The van der Waals surface area contributed by atoms with Crippen molar-refractivity contribution in [2.75, 3.05) is 13.1 Å². The van der Waals surface area contributed by atoms with Crippen molar-refractivity contribution in [3.63, 3.8) is 0 Å². The molecule has 3 N–H and O–H groups in total. The summed E-state index contributed by atoms with van der Waals surface area (Å²) in [5.41, 5.74) is 7.15. The predicted molar refractivity (Wildman–Crippen MR) is 79.7 cm³/mol. The molecule has 1 aromatic rings. The Morgan fingerprint density at radius 3 is 2.85 bits per heavy atom. The van der Waals surface area contributed by atoms with E-state index >= 15 is 0 Å². The van der Waals surface area contributed by atoms with Crippen LogP contribution in [0.5, 0.6) is 5.75 Å². The zero-order valence-corrected chi connectivity index (χ0v) is 12.3. The number of aryl methyl sites for hydroxylation is 1. The van der Waals surface area contributed by atoms with Crippen LogP contribution in [0.4, 0.5) is 0 Å². The number of nitrogens with zero attached hydrogens (tertiary/aromatic N) is 1.